The Morgan fingerprint density at radius 3 is 2.55 bits per heavy atom. The van der Waals surface area contributed by atoms with Gasteiger partial charge in [-0.15, -0.1) is 0 Å². The Hall–Kier alpha value is -0.900. The minimum absolute atomic E-state index is 0.0197. The molecule has 122 valence electrons. The minimum Gasteiger partial charge on any atom is -0.392 e. The van der Waals surface area contributed by atoms with E-state index >= 15 is 0 Å². The van der Waals surface area contributed by atoms with Crippen LogP contribution < -0.4 is 0 Å². The summed E-state index contributed by atoms with van der Waals surface area (Å²) in [6.45, 7) is 7.04. The summed E-state index contributed by atoms with van der Waals surface area (Å²) in [7, 11) is 0. The van der Waals surface area contributed by atoms with Crippen LogP contribution in [0.15, 0.2) is 12.1 Å². The number of aliphatic hydroxyl groups excluding tert-OH is 2. The van der Waals surface area contributed by atoms with Crippen molar-refractivity contribution < 1.29 is 10.2 Å². The summed E-state index contributed by atoms with van der Waals surface area (Å²) in [4.78, 5) is 2.65. The van der Waals surface area contributed by atoms with Gasteiger partial charge in [0.15, 0.2) is 0 Å². The van der Waals surface area contributed by atoms with Crippen molar-refractivity contribution >= 4 is 0 Å². The number of nitrogens with zero attached hydrogens (tertiary/aromatic N) is 1. The van der Waals surface area contributed by atoms with E-state index in [4.69, 9.17) is 0 Å². The fourth-order valence-corrected chi connectivity index (χ4v) is 4.43. The van der Waals surface area contributed by atoms with Crippen molar-refractivity contribution in [1.82, 2.24) is 4.90 Å². The molecule has 1 fully saturated rings. The highest BCUT2D eigenvalue weighted by Gasteiger charge is 2.33. The zero-order valence-electron chi connectivity index (χ0n) is 13.9. The first-order valence-electron chi connectivity index (χ1n) is 8.72. The second-order valence-corrected chi connectivity index (χ2v) is 7.47. The number of rotatable bonds is 4. The zero-order valence-corrected chi connectivity index (χ0v) is 13.9. The van der Waals surface area contributed by atoms with Gasteiger partial charge in [-0.3, -0.25) is 4.90 Å². The van der Waals surface area contributed by atoms with Gasteiger partial charge < -0.3 is 10.2 Å². The Labute approximate surface area is 134 Å². The standard InChI is InChI=1S/C19H29NO2/c1-13(2)7-14-3-4-19-18-9-17(12-22)16(11-21)8-15(18)5-6-20(19)10-14/h8-9,13-14,19,21-22H,3-7,10-12H2,1-2H3/t14-,19+/m1/s1. The fraction of sp³-hybridized carbons (Fsp3) is 0.684. The Morgan fingerprint density at radius 2 is 1.86 bits per heavy atom. The largest absolute Gasteiger partial charge is 0.392 e. The molecule has 2 atom stereocenters. The van der Waals surface area contributed by atoms with Gasteiger partial charge in [0.05, 0.1) is 13.2 Å². The van der Waals surface area contributed by atoms with Gasteiger partial charge in [-0.25, -0.2) is 0 Å². The number of aliphatic hydroxyl groups is 2. The second-order valence-electron chi connectivity index (χ2n) is 7.47. The Kier molecular flexibility index (Phi) is 4.86. The maximum absolute atomic E-state index is 9.56. The summed E-state index contributed by atoms with van der Waals surface area (Å²) in [5, 5.41) is 19.0. The molecule has 0 unspecified atom stereocenters. The smallest absolute Gasteiger partial charge is 0.0685 e. The van der Waals surface area contributed by atoms with E-state index in [2.05, 4.69) is 30.9 Å². The van der Waals surface area contributed by atoms with Gasteiger partial charge in [0.2, 0.25) is 0 Å². The molecule has 2 aliphatic heterocycles. The molecule has 2 heterocycles. The number of benzene rings is 1. The molecule has 0 bridgehead atoms. The molecular formula is C19H29NO2. The first-order chi connectivity index (χ1) is 10.6. The van der Waals surface area contributed by atoms with Gasteiger partial charge in [0.1, 0.15) is 0 Å². The second kappa shape index (κ2) is 6.69. The van der Waals surface area contributed by atoms with E-state index in [1.54, 1.807) is 0 Å². The fourth-order valence-electron chi connectivity index (χ4n) is 4.43. The average Bonchev–Trinajstić information content (AvgIpc) is 2.52. The minimum atomic E-state index is 0.0197. The third kappa shape index (κ3) is 3.08. The molecule has 1 saturated heterocycles. The first-order valence-corrected chi connectivity index (χ1v) is 8.72. The summed E-state index contributed by atoms with van der Waals surface area (Å²) >= 11 is 0. The first kappa shape index (κ1) is 16.0. The highest BCUT2D eigenvalue weighted by Crippen LogP contribution is 2.40. The summed E-state index contributed by atoms with van der Waals surface area (Å²) < 4.78 is 0. The molecule has 1 aromatic rings. The molecule has 0 saturated carbocycles. The van der Waals surface area contributed by atoms with Crippen molar-refractivity contribution in [2.75, 3.05) is 13.1 Å². The number of fused-ring (bicyclic) bond motifs is 3. The lowest BCUT2D eigenvalue weighted by Gasteiger charge is -2.44. The van der Waals surface area contributed by atoms with E-state index in [-0.39, 0.29) is 13.2 Å². The van der Waals surface area contributed by atoms with Gasteiger partial charge >= 0.3 is 0 Å². The van der Waals surface area contributed by atoms with Gasteiger partial charge in [0, 0.05) is 19.1 Å². The third-order valence-corrected chi connectivity index (χ3v) is 5.42. The molecule has 0 aliphatic carbocycles. The Balaban J connectivity index is 1.82. The molecule has 0 amide bonds. The molecule has 1 aromatic carbocycles. The van der Waals surface area contributed by atoms with Crippen LogP contribution in [0.3, 0.4) is 0 Å². The highest BCUT2D eigenvalue weighted by molar-refractivity contribution is 5.41. The summed E-state index contributed by atoms with van der Waals surface area (Å²) in [6.07, 6.45) is 4.95. The molecule has 2 N–H and O–H groups in total. The van der Waals surface area contributed by atoms with Crippen LogP contribution in [0.4, 0.5) is 0 Å². The lowest BCUT2D eigenvalue weighted by Crippen LogP contribution is -2.42. The van der Waals surface area contributed by atoms with Crippen molar-refractivity contribution in [3.8, 4) is 0 Å². The quantitative estimate of drug-likeness (QED) is 0.898. The van der Waals surface area contributed by atoms with E-state index in [1.165, 1.54) is 36.9 Å². The van der Waals surface area contributed by atoms with Gasteiger partial charge in [-0.2, -0.15) is 0 Å². The maximum Gasteiger partial charge on any atom is 0.0685 e. The lowest BCUT2D eigenvalue weighted by atomic mass is 9.80. The van der Waals surface area contributed by atoms with Crippen molar-refractivity contribution in [2.45, 2.75) is 58.8 Å². The highest BCUT2D eigenvalue weighted by atomic mass is 16.3. The summed E-state index contributed by atoms with van der Waals surface area (Å²) in [6, 6.07) is 4.80. The van der Waals surface area contributed by atoms with Crippen LogP contribution in [0.1, 0.15) is 61.4 Å². The maximum atomic E-state index is 9.56. The van der Waals surface area contributed by atoms with Crippen LogP contribution >= 0.6 is 0 Å². The van der Waals surface area contributed by atoms with Crippen LogP contribution in [-0.2, 0) is 19.6 Å². The predicted molar refractivity (Wildman–Crippen MR) is 88.5 cm³/mol. The van der Waals surface area contributed by atoms with E-state index in [0.29, 0.717) is 6.04 Å². The molecule has 2 aliphatic rings. The van der Waals surface area contributed by atoms with E-state index in [0.717, 1.165) is 35.9 Å². The van der Waals surface area contributed by atoms with Crippen LogP contribution in [0.25, 0.3) is 0 Å². The SMILES string of the molecule is CC(C)C[C@H]1CC[C@H]2c3cc(CO)c(CO)cc3CCN2C1. The molecule has 22 heavy (non-hydrogen) atoms. The number of hydrogen-bond donors (Lipinski definition) is 2. The van der Waals surface area contributed by atoms with E-state index in [1.807, 2.05) is 0 Å². The number of hydrogen-bond acceptors (Lipinski definition) is 3. The van der Waals surface area contributed by atoms with Crippen molar-refractivity contribution in [1.29, 1.82) is 0 Å². The average molecular weight is 303 g/mol. The Bertz CT molecular complexity index is 526. The lowest BCUT2D eigenvalue weighted by molar-refractivity contribution is 0.0894. The van der Waals surface area contributed by atoms with Crippen molar-refractivity contribution in [2.24, 2.45) is 11.8 Å². The van der Waals surface area contributed by atoms with Crippen LogP contribution in [-0.4, -0.2) is 28.2 Å². The molecule has 3 rings (SSSR count). The summed E-state index contributed by atoms with van der Waals surface area (Å²) in [5.41, 5.74) is 4.57. The van der Waals surface area contributed by atoms with Crippen LogP contribution in [0, 0.1) is 11.8 Å². The zero-order chi connectivity index (χ0) is 15.7. The predicted octanol–water partition coefficient (Wildman–Crippen LogP) is 3.03. The molecular weight excluding hydrogens is 274 g/mol. The van der Waals surface area contributed by atoms with Gasteiger partial charge in [-0.1, -0.05) is 26.0 Å². The molecule has 3 heteroatoms. The topological polar surface area (TPSA) is 43.7 Å². The molecule has 0 radical (unpaired) electrons. The normalized spacial score (nSPS) is 25.1. The van der Waals surface area contributed by atoms with Crippen LogP contribution in [0.5, 0.6) is 0 Å². The monoisotopic (exact) mass is 303 g/mol. The van der Waals surface area contributed by atoms with Gasteiger partial charge in [0.25, 0.3) is 0 Å². The molecule has 0 aromatic heterocycles. The third-order valence-electron chi connectivity index (χ3n) is 5.42. The summed E-state index contributed by atoms with van der Waals surface area (Å²) in [5.74, 6) is 1.62. The van der Waals surface area contributed by atoms with E-state index < -0.39 is 0 Å². The van der Waals surface area contributed by atoms with Crippen LogP contribution in [0.2, 0.25) is 0 Å². The van der Waals surface area contributed by atoms with E-state index in [9.17, 15) is 10.2 Å². The molecule has 0 spiro atoms. The number of piperidine rings is 1. The Morgan fingerprint density at radius 1 is 1.14 bits per heavy atom. The molecule has 3 nitrogen and oxygen atoms in total. The van der Waals surface area contributed by atoms with Crippen molar-refractivity contribution in [3.63, 3.8) is 0 Å². The van der Waals surface area contributed by atoms with Crippen molar-refractivity contribution in [3.05, 3.63) is 34.4 Å². The van der Waals surface area contributed by atoms with Gasteiger partial charge in [-0.05, 0) is 59.8 Å².